The third-order valence-electron chi connectivity index (χ3n) is 2.36. The van der Waals surface area contributed by atoms with E-state index in [4.69, 9.17) is 4.42 Å². The van der Waals surface area contributed by atoms with Gasteiger partial charge in [-0.05, 0) is 24.3 Å². The van der Waals surface area contributed by atoms with Crippen molar-refractivity contribution in [1.29, 1.82) is 0 Å². The fraction of sp³-hybridized carbons (Fsp3) is 0. The molecule has 1 aromatic carbocycles. The van der Waals surface area contributed by atoms with Crippen molar-refractivity contribution in [2.75, 3.05) is 0 Å². The number of phenolic OH excluding ortho intramolecular Hbond substituents is 1. The summed E-state index contributed by atoms with van der Waals surface area (Å²) in [6, 6.07) is 6.90. The predicted molar refractivity (Wildman–Crippen MR) is 72.2 cm³/mol. The van der Waals surface area contributed by atoms with E-state index in [2.05, 4.69) is 18.1 Å². The lowest BCUT2D eigenvalue weighted by Gasteiger charge is -1.97. The normalized spacial score (nSPS) is 12.7. The van der Waals surface area contributed by atoms with E-state index in [0.717, 1.165) is 0 Å². The molecule has 2 rings (SSSR count). The second-order valence-corrected chi connectivity index (χ2v) is 3.59. The molecular formula is C15H13NO2. The molecule has 0 aliphatic heterocycles. The Morgan fingerprint density at radius 2 is 1.83 bits per heavy atom. The van der Waals surface area contributed by atoms with Crippen molar-refractivity contribution < 1.29 is 9.52 Å². The van der Waals surface area contributed by atoms with Crippen molar-refractivity contribution in [1.82, 2.24) is 4.98 Å². The second-order valence-electron chi connectivity index (χ2n) is 3.59. The highest BCUT2D eigenvalue weighted by atomic mass is 16.3. The van der Waals surface area contributed by atoms with Gasteiger partial charge in [0.1, 0.15) is 11.1 Å². The maximum atomic E-state index is 9.76. The smallest absolute Gasteiger partial charge is 0.231 e. The molecule has 0 fully saturated rings. The maximum absolute atomic E-state index is 9.76. The number of oxazole rings is 1. The molecule has 2 aromatic rings. The van der Waals surface area contributed by atoms with Crippen molar-refractivity contribution in [3.05, 3.63) is 60.3 Å². The summed E-state index contributed by atoms with van der Waals surface area (Å²) in [6.07, 6.45) is 6.70. The van der Waals surface area contributed by atoms with Crippen LogP contribution >= 0.6 is 0 Å². The zero-order valence-corrected chi connectivity index (χ0v) is 9.84. The zero-order valence-electron chi connectivity index (χ0n) is 9.84. The number of phenols is 1. The average molecular weight is 239 g/mol. The molecule has 1 aromatic heterocycles. The fourth-order valence-electron chi connectivity index (χ4n) is 1.57. The first-order valence-corrected chi connectivity index (χ1v) is 5.47. The van der Waals surface area contributed by atoms with Crippen molar-refractivity contribution in [3.8, 4) is 17.2 Å². The minimum atomic E-state index is 0.133. The summed E-state index contributed by atoms with van der Waals surface area (Å²) >= 11 is 0. The first-order chi connectivity index (χ1) is 8.76. The van der Waals surface area contributed by atoms with Crippen LogP contribution in [0.15, 0.2) is 54.0 Å². The monoisotopic (exact) mass is 239 g/mol. The molecule has 0 atom stereocenters. The van der Waals surface area contributed by atoms with Crippen LogP contribution in [0.25, 0.3) is 23.6 Å². The Morgan fingerprint density at radius 1 is 1.11 bits per heavy atom. The third kappa shape index (κ3) is 2.25. The van der Waals surface area contributed by atoms with Gasteiger partial charge < -0.3 is 9.52 Å². The van der Waals surface area contributed by atoms with Crippen molar-refractivity contribution in [3.63, 3.8) is 0 Å². The number of aromatic nitrogens is 1. The molecule has 0 aliphatic carbocycles. The second kappa shape index (κ2) is 5.19. The molecule has 3 nitrogen and oxygen atoms in total. The number of para-hydroxylation sites is 1. The average Bonchev–Trinajstić information content (AvgIpc) is 2.74. The lowest BCUT2D eigenvalue weighted by Crippen LogP contribution is -2.21. The molecule has 0 radical (unpaired) electrons. The largest absolute Gasteiger partial charge is 0.507 e. The molecule has 18 heavy (non-hydrogen) atoms. The number of nitrogens with zero attached hydrogens (tertiary/aromatic N) is 1. The van der Waals surface area contributed by atoms with Crippen LogP contribution < -0.4 is 10.8 Å². The van der Waals surface area contributed by atoms with Gasteiger partial charge in [-0.2, -0.15) is 0 Å². The maximum Gasteiger partial charge on any atom is 0.231 e. The van der Waals surface area contributed by atoms with Gasteiger partial charge in [-0.1, -0.05) is 37.4 Å². The molecule has 0 spiro atoms. The highest BCUT2D eigenvalue weighted by Gasteiger charge is 2.09. The topological polar surface area (TPSA) is 46.3 Å². The van der Waals surface area contributed by atoms with Crippen molar-refractivity contribution in [2.45, 2.75) is 0 Å². The Bertz CT molecular complexity index is 658. The number of allylic oxidation sites excluding steroid dienone is 2. The SMILES string of the molecule is C=C/C=c1/nc(-c2ccccc2O)o/c1=C/C=C. The van der Waals surface area contributed by atoms with Crippen LogP contribution in [0, 0.1) is 0 Å². The van der Waals surface area contributed by atoms with Gasteiger partial charge in [0.2, 0.25) is 5.89 Å². The predicted octanol–water partition coefficient (Wildman–Crippen LogP) is 1.98. The Labute approximate surface area is 105 Å². The van der Waals surface area contributed by atoms with Gasteiger partial charge >= 0.3 is 0 Å². The van der Waals surface area contributed by atoms with Crippen molar-refractivity contribution in [2.24, 2.45) is 0 Å². The van der Waals surface area contributed by atoms with E-state index >= 15 is 0 Å². The first-order valence-electron chi connectivity index (χ1n) is 5.47. The summed E-state index contributed by atoms with van der Waals surface area (Å²) in [6.45, 7) is 7.25. The molecule has 0 amide bonds. The van der Waals surface area contributed by atoms with Crippen molar-refractivity contribution >= 4 is 12.2 Å². The quantitative estimate of drug-likeness (QED) is 0.890. The van der Waals surface area contributed by atoms with Gasteiger partial charge in [0.05, 0.1) is 5.56 Å². The van der Waals surface area contributed by atoms with Crippen LogP contribution in [0.5, 0.6) is 5.75 Å². The number of hydrogen-bond donors (Lipinski definition) is 1. The lowest BCUT2D eigenvalue weighted by atomic mass is 10.2. The van der Waals surface area contributed by atoms with Gasteiger partial charge in [0.25, 0.3) is 0 Å². The standard InChI is InChI=1S/C15H13NO2/c1-3-7-12-14(8-4-2)18-15(16-12)11-9-5-6-10-13(11)17/h3-10,17H,1-2H2/b12-7+,14-8+. The van der Waals surface area contributed by atoms with Crippen LogP contribution in [-0.4, -0.2) is 10.1 Å². The first kappa shape index (κ1) is 11.9. The number of rotatable bonds is 3. The van der Waals surface area contributed by atoms with Crippen LogP contribution in [-0.2, 0) is 0 Å². The van der Waals surface area contributed by atoms with E-state index in [9.17, 15) is 5.11 Å². The number of hydrogen-bond acceptors (Lipinski definition) is 3. The summed E-state index contributed by atoms with van der Waals surface area (Å²) < 4.78 is 5.60. The van der Waals surface area contributed by atoms with E-state index in [-0.39, 0.29) is 5.75 Å². The van der Waals surface area contributed by atoms with E-state index in [0.29, 0.717) is 22.2 Å². The number of aromatic hydroxyl groups is 1. The summed E-state index contributed by atoms with van der Waals surface area (Å²) in [5.74, 6) is 0.503. The summed E-state index contributed by atoms with van der Waals surface area (Å²) in [7, 11) is 0. The van der Waals surface area contributed by atoms with E-state index < -0.39 is 0 Å². The molecule has 3 heteroatoms. The minimum absolute atomic E-state index is 0.133. The Balaban J connectivity index is 2.69. The lowest BCUT2D eigenvalue weighted by molar-refractivity contribution is 0.471. The van der Waals surface area contributed by atoms with Gasteiger partial charge in [-0.25, -0.2) is 4.98 Å². The molecule has 0 bridgehead atoms. The van der Waals surface area contributed by atoms with Crippen LogP contribution in [0.4, 0.5) is 0 Å². The number of benzene rings is 1. The zero-order chi connectivity index (χ0) is 13.0. The van der Waals surface area contributed by atoms with Crippen LogP contribution in [0.3, 0.4) is 0 Å². The Kier molecular flexibility index (Phi) is 3.44. The molecule has 0 saturated heterocycles. The van der Waals surface area contributed by atoms with Crippen LogP contribution in [0.1, 0.15) is 0 Å². The highest BCUT2D eigenvalue weighted by molar-refractivity contribution is 5.62. The van der Waals surface area contributed by atoms with Gasteiger partial charge in [-0.15, -0.1) is 0 Å². The Morgan fingerprint density at radius 3 is 2.50 bits per heavy atom. The summed E-state index contributed by atoms with van der Waals surface area (Å²) in [4.78, 5) is 4.32. The minimum Gasteiger partial charge on any atom is -0.507 e. The van der Waals surface area contributed by atoms with Gasteiger partial charge in [0.15, 0.2) is 5.42 Å². The molecule has 90 valence electrons. The third-order valence-corrected chi connectivity index (χ3v) is 2.36. The fourth-order valence-corrected chi connectivity index (χ4v) is 1.57. The molecule has 1 N–H and O–H groups in total. The van der Waals surface area contributed by atoms with E-state index in [1.807, 2.05) is 6.07 Å². The highest BCUT2D eigenvalue weighted by Crippen LogP contribution is 2.25. The molecule has 0 saturated carbocycles. The van der Waals surface area contributed by atoms with E-state index in [1.165, 1.54) is 0 Å². The van der Waals surface area contributed by atoms with Gasteiger partial charge in [0, 0.05) is 0 Å². The van der Waals surface area contributed by atoms with Crippen LogP contribution in [0.2, 0.25) is 0 Å². The Hall–Kier alpha value is -2.55. The molecule has 0 aliphatic rings. The summed E-state index contributed by atoms with van der Waals surface area (Å²) in [5.41, 5.74) is 1.14. The molecule has 1 heterocycles. The summed E-state index contributed by atoms with van der Waals surface area (Å²) in [5, 5.41) is 10.4. The molecular weight excluding hydrogens is 226 g/mol. The van der Waals surface area contributed by atoms with Gasteiger partial charge in [-0.3, -0.25) is 0 Å². The van der Waals surface area contributed by atoms with E-state index in [1.54, 1.807) is 42.5 Å². The molecule has 0 unspecified atom stereocenters.